The van der Waals surface area contributed by atoms with Gasteiger partial charge in [-0.2, -0.15) is 0 Å². The molecule has 0 N–H and O–H groups in total. The molecule has 0 aromatic heterocycles. The summed E-state index contributed by atoms with van der Waals surface area (Å²) in [6, 6.07) is 0. The van der Waals surface area contributed by atoms with Crippen LogP contribution >= 0.6 is 0 Å². The van der Waals surface area contributed by atoms with E-state index in [0.29, 0.717) is 6.61 Å². The summed E-state index contributed by atoms with van der Waals surface area (Å²) in [4.78, 5) is 0. The number of ether oxygens (including phenoxy) is 1. The van der Waals surface area contributed by atoms with E-state index in [4.69, 9.17) is 4.74 Å². The van der Waals surface area contributed by atoms with Gasteiger partial charge in [-0.05, 0) is 39.0 Å². The van der Waals surface area contributed by atoms with E-state index in [1.165, 1.54) is 77.0 Å². The van der Waals surface area contributed by atoms with E-state index in [1.807, 2.05) is 0 Å². The van der Waals surface area contributed by atoms with E-state index in [9.17, 15) is 0 Å². The van der Waals surface area contributed by atoms with Gasteiger partial charge in [0.1, 0.15) is 0 Å². The summed E-state index contributed by atoms with van der Waals surface area (Å²) in [5.41, 5.74) is 0. The molecule has 0 aromatic carbocycles. The van der Waals surface area contributed by atoms with Gasteiger partial charge in [-0.15, -0.1) is 0 Å². The summed E-state index contributed by atoms with van der Waals surface area (Å²) in [5.74, 6) is 0. The first-order chi connectivity index (χ1) is 9.41. The first-order valence-electron chi connectivity index (χ1n) is 8.43. The fourth-order valence-electron chi connectivity index (χ4n) is 2.20. The fraction of sp³-hybridized carbons (Fsp3) is 0.833. The van der Waals surface area contributed by atoms with E-state index >= 15 is 0 Å². The normalized spacial score (nSPS) is 11.5. The van der Waals surface area contributed by atoms with Crippen molar-refractivity contribution < 1.29 is 4.74 Å². The lowest BCUT2D eigenvalue weighted by Crippen LogP contribution is -1.93. The minimum atomic E-state index is 0.616. The second kappa shape index (κ2) is 17.7. The predicted molar refractivity (Wildman–Crippen MR) is 86.4 cm³/mol. The van der Waals surface area contributed by atoms with E-state index < -0.39 is 0 Å². The van der Waals surface area contributed by atoms with Crippen molar-refractivity contribution in [2.75, 3.05) is 13.2 Å². The monoisotopic (exact) mass is 267 g/mol. The first kappa shape index (κ1) is 18.7. The van der Waals surface area contributed by atoms with Gasteiger partial charge >= 0.3 is 0 Å². The number of allylic oxidation sites excluding steroid dienone is 2. The van der Waals surface area contributed by atoms with Gasteiger partial charge in [0.15, 0.2) is 0 Å². The third kappa shape index (κ3) is 17.7. The van der Waals surface area contributed by atoms with Gasteiger partial charge in [0, 0.05) is 13.2 Å². The minimum Gasteiger partial charge on any atom is -0.381 e. The van der Waals surface area contributed by atoms with E-state index in [1.54, 1.807) is 0 Å². The average molecular weight is 267 g/mol. The van der Waals surface area contributed by atoms with Crippen molar-refractivity contribution in [1.82, 2.24) is 0 Å². The average Bonchev–Trinajstić information content (AvgIpc) is 2.43. The standard InChI is InChI=1S/C18H35O/c1-3-5-6-7-8-9-10-11-12-13-14-15-16-17-18-19-4-2/h9-10H,2-8,11-18H2,1H3/b10-9-. The van der Waals surface area contributed by atoms with Gasteiger partial charge in [0.2, 0.25) is 0 Å². The molecule has 1 nitrogen and oxygen atoms in total. The van der Waals surface area contributed by atoms with Crippen LogP contribution < -0.4 is 0 Å². The first-order valence-corrected chi connectivity index (χ1v) is 8.43. The van der Waals surface area contributed by atoms with Gasteiger partial charge in [0.05, 0.1) is 0 Å². The van der Waals surface area contributed by atoms with Crippen LogP contribution in [0.3, 0.4) is 0 Å². The summed E-state index contributed by atoms with van der Waals surface area (Å²) < 4.78 is 5.22. The molecule has 0 aromatic rings. The summed E-state index contributed by atoms with van der Waals surface area (Å²) in [6.07, 6.45) is 20.8. The maximum absolute atomic E-state index is 5.22. The number of rotatable bonds is 15. The van der Waals surface area contributed by atoms with Crippen LogP contribution in [-0.2, 0) is 4.74 Å². The molecule has 1 radical (unpaired) electrons. The second-order valence-corrected chi connectivity index (χ2v) is 5.34. The summed E-state index contributed by atoms with van der Waals surface area (Å²) in [5, 5.41) is 0. The molecule has 0 aliphatic heterocycles. The molecule has 0 spiro atoms. The topological polar surface area (TPSA) is 9.23 Å². The van der Waals surface area contributed by atoms with Gasteiger partial charge < -0.3 is 4.74 Å². The van der Waals surface area contributed by atoms with Crippen LogP contribution in [0.4, 0.5) is 0 Å². The zero-order valence-corrected chi connectivity index (χ0v) is 13.2. The molecule has 0 atom stereocenters. The van der Waals surface area contributed by atoms with Crippen LogP contribution in [0.2, 0.25) is 0 Å². The molecular weight excluding hydrogens is 232 g/mol. The van der Waals surface area contributed by atoms with Crippen LogP contribution in [-0.4, -0.2) is 13.2 Å². The number of hydrogen-bond donors (Lipinski definition) is 0. The lowest BCUT2D eigenvalue weighted by Gasteiger charge is -2.01. The number of hydrogen-bond acceptors (Lipinski definition) is 1. The highest BCUT2D eigenvalue weighted by Crippen LogP contribution is 2.08. The molecule has 0 saturated heterocycles. The van der Waals surface area contributed by atoms with E-state index in [-0.39, 0.29) is 0 Å². The Morgan fingerprint density at radius 3 is 1.84 bits per heavy atom. The summed E-state index contributed by atoms with van der Waals surface area (Å²) >= 11 is 0. The van der Waals surface area contributed by atoms with Crippen molar-refractivity contribution in [1.29, 1.82) is 0 Å². The Morgan fingerprint density at radius 2 is 1.26 bits per heavy atom. The van der Waals surface area contributed by atoms with Crippen LogP contribution in [0.15, 0.2) is 12.2 Å². The molecule has 0 fully saturated rings. The molecule has 0 aliphatic rings. The van der Waals surface area contributed by atoms with Crippen molar-refractivity contribution in [3.05, 3.63) is 19.1 Å². The molecule has 113 valence electrons. The molecule has 0 rings (SSSR count). The van der Waals surface area contributed by atoms with Gasteiger partial charge in [-0.25, -0.2) is 0 Å². The summed E-state index contributed by atoms with van der Waals surface area (Å²) in [7, 11) is 0. The van der Waals surface area contributed by atoms with Crippen molar-refractivity contribution in [2.45, 2.75) is 84.0 Å². The van der Waals surface area contributed by atoms with Crippen LogP contribution in [0.5, 0.6) is 0 Å². The van der Waals surface area contributed by atoms with Crippen LogP contribution in [0, 0.1) is 6.92 Å². The highest BCUT2D eigenvalue weighted by molar-refractivity contribution is 4.81. The zero-order chi connectivity index (χ0) is 14.0. The van der Waals surface area contributed by atoms with Crippen molar-refractivity contribution in [3.8, 4) is 0 Å². The Labute approximate surface area is 121 Å². The molecule has 0 unspecified atom stereocenters. The fourth-order valence-corrected chi connectivity index (χ4v) is 2.20. The smallest absolute Gasteiger partial charge is 0.0466 e. The molecule has 1 heteroatoms. The number of unbranched alkanes of at least 4 members (excludes halogenated alkanes) is 10. The highest BCUT2D eigenvalue weighted by atomic mass is 16.5. The Bertz CT molecular complexity index is 175. The largest absolute Gasteiger partial charge is 0.381 e. The van der Waals surface area contributed by atoms with Gasteiger partial charge in [0.25, 0.3) is 0 Å². The molecule has 0 aliphatic carbocycles. The van der Waals surface area contributed by atoms with Gasteiger partial charge in [-0.3, -0.25) is 0 Å². The minimum absolute atomic E-state index is 0.616. The SMILES string of the molecule is [CH2]COCCCCCCCC/C=C\CCCCCC. The molecule has 0 saturated carbocycles. The highest BCUT2D eigenvalue weighted by Gasteiger charge is 1.91. The predicted octanol–water partition coefficient (Wildman–Crippen LogP) is 6.09. The van der Waals surface area contributed by atoms with Crippen molar-refractivity contribution >= 4 is 0 Å². The molecule has 0 heterocycles. The molecule has 0 amide bonds. The maximum Gasteiger partial charge on any atom is 0.0466 e. The lowest BCUT2D eigenvalue weighted by atomic mass is 10.1. The molecule has 0 bridgehead atoms. The van der Waals surface area contributed by atoms with E-state index in [2.05, 4.69) is 26.0 Å². The quantitative estimate of drug-likeness (QED) is 0.257. The molecular formula is C18H35O. The second-order valence-electron chi connectivity index (χ2n) is 5.34. The van der Waals surface area contributed by atoms with E-state index in [0.717, 1.165) is 6.61 Å². The zero-order valence-electron chi connectivity index (χ0n) is 13.2. The third-order valence-corrected chi connectivity index (χ3v) is 3.44. The van der Waals surface area contributed by atoms with Crippen LogP contribution in [0.1, 0.15) is 84.0 Å². The summed E-state index contributed by atoms with van der Waals surface area (Å²) in [6.45, 7) is 7.44. The lowest BCUT2D eigenvalue weighted by molar-refractivity contribution is 0.156. The van der Waals surface area contributed by atoms with Crippen molar-refractivity contribution in [2.24, 2.45) is 0 Å². The van der Waals surface area contributed by atoms with Crippen molar-refractivity contribution in [3.63, 3.8) is 0 Å². The Morgan fingerprint density at radius 1 is 0.737 bits per heavy atom. The Balaban J connectivity index is 2.99. The Kier molecular flexibility index (Phi) is 17.4. The maximum atomic E-state index is 5.22. The Hall–Kier alpha value is -0.300. The molecule has 19 heavy (non-hydrogen) atoms. The third-order valence-electron chi connectivity index (χ3n) is 3.44. The van der Waals surface area contributed by atoms with Gasteiger partial charge in [-0.1, -0.05) is 64.0 Å². The van der Waals surface area contributed by atoms with Crippen LogP contribution in [0.25, 0.3) is 0 Å².